The van der Waals surface area contributed by atoms with E-state index in [0.29, 0.717) is 11.8 Å². The summed E-state index contributed by atoms with van der Waals surface area (Å²) in [6.45, 7) is 6.09. The second-order valence-corrected chi connectivity index (χ2v) is 8.26. The zero-order valence-corrected chi connectivity index (χ0v) is 17.0. The van der Waals surface area contributed by atoms with Crippen LogP contribution in [0.15, 0.2) is 53.7 Å². The van der Waals surface area contributed by atoms with Gasteiger partial charge in [-0.15, -0.1) is 11.8 Å². The highest BCUT2D eigenvalue weighted by Crippen LogP contribution is 2.26. The van der Waals surface area contributed by atoms with Crippen molar-refractivity contribution in [3.63, 3.8) is 0 Å². The summed E-state index contributed by atoms with van der Waals surface area (Å²) in [4.78, 5) is 31.9. The fourth-order valence-electron chi connectivity index (χ4n) is 2.38. The van der Waals surface area contributed by atoms with Crippen molar-refractivity contribution in [1.29, 1.82) is 0 Å². The van der Waals surface area contributed by atoms with E-state index in [4.69, 9.17) is 0 Å². The summed E-state index contributed by atoms with van der Waals surface area (Å²) in [6, 6.07) is 9.59. The van der Waals surface area contributed by atoms with Gasteiger partial charge in [-0.1, -0.05) is 20.8 Å². The molecule has 29 heavy (non-hydrogen) atoms. The van der Waals surface area contributed by atoms with Crippen LogP contribution in [0.2, 0.25) is 0 Å². The van der Waals surface area contributed by atoms with Crippen molar-refractivity contribution in [3.05, 3.63) is 64.6 Å². The van der Waals surface area contributed by atoms with Gasteiger partial charge >= 0.3 is 0 Å². The molecule has 1 N–H and O–H groups in total. The monoisotopic (exact) mass is 412 g/mol. The Labute approximate surface area is 171 Å². The molecule has 2 aromatic heterocycles. The van der Waals surface area contributed by atoms with E-state index in [-0.39, 0.29) is 22.8 Å². The third kappa shape index (κ3) is 5.17. The molecular formula is C19H20N6O3S. The first-order chi connectivity index (χ1) is 13.7. The van der Waals surface area contributed by atoms with Gasteiger partial charge in [0.2, 0.25) is 5.91 Å². The average molecular weight is 412 g/mol. The first-order valence-electron chi connectivity index (χ1n) is 8.79. The minimum Gasteiger partial charge on any atom is -0.310 e. The van der Waals surface area contributed by atoms with Crippen molar-refractivity contribution >= 4 is 29.2 Å². The number of amides is 1. The zero-order valence-electron chi connectivity index (χ0n) is 16.2. The topological polar surface area (TPSA) is 116 Å². The Kier molecular flexibility index (Phi) is 5.92. The Morgan fingerprint density at radius 1 is 1.21 bits per heavy atom. The van der Waals surface area contributed by atoms with Crippen LogP contribution in [0.5, 0.6) is 0 Å². The number of benzene rings is 1. The molecule has 150 valence electrons. The van der Waals surface area contributed by atoms with Gasteiger partial charge in [-0.25, -0.2) is 9.97 Å². The highest BCUT2D eigenvalue weighted by atomic mass is 32.2. The molecule has 3 aromatic rings. The Morgan fingerprint density at radius 2 is 1.86 bits per heavy atom. The maximum absolute atomic E-state index is 12.5. The summed E-state index contributed by atoms with van der Waals surface area (Å²) in [5, 5.41) is 18.1. The van der Waals surface area contributed by atoms with Gasteiger partial charge in [0.25, 0.3) is 11.6 Å². The number of hydrogen-bond donors (Lipinski definition) is 1. The lowest BCUT2D eigenvalue weighted by Gasteiger charge is -2.13. The minimum absolute atomic E-state index is 0.0141. The van der Waals surface area contributed by atoms with E-state index in [9.17, 15) is 14.9 Å². The van der Waals surface area contributed by atoms with Crippen molar-refractivity contribution in [2.75, 3.05) is 11.1 Å². The molecule has 0 saturated heterocycles. The van der Waals surface area contributed by atoms with Gasteiger partial charge in [0.15, 0.2) is 0 Å². The number of rotatable bonds is 6. The van der Waals surface area contributed by atoms with Gasteiger partial charge < -0.3 is 5.32 Å². The number of nitro groups is 1. The van der Waals surface area contributed by atoms with Crippen LogP contribution in [0.4, 0.5) is 11.5 Å². The van der Waals surface area contributed by atoms with Crippen LogP contribution in [0, 0.1) is 10.1 Å². The molecule has 2 heterocycles. The number of nitrogens with one attached hydrogen (secondary N) is 1. The van der Waals surface area contributed by atoms with Crippen LogP contribution in [-0.4, -0.2) is 36.3 Å². The molecule has 0 fully saturated rings. The first kappa shape index (κ1) is 20.5. The predicted octanol–water partition coefficient (Wildman–Crippen LogP) is 3.60. The van der Waals surface area contributed by atoms with E-state index < -0.39 is 4.92 Å². The van der Waals surface area contributed by atoms with E-state index in [1.165, 1.54) is 28.6 Å². The molecule has 0 aliphatic heterocycles. The third-order valence-electron chi connectivity index (χ3n) is 3.90. The molecule has 0 bridgehead atoms. The predicted molar refractivity (Wildman–Crippen MR) is 110 cm³/mol. The number of anilines is 1. The second-order valence-electron chi connectivity index (χ2n) is 7.21. The van der Waals surface area contributed by atoms with E-state index in [1.807, 2.05) is 26.8 Å². The van der Waals surface area contributed by atoms with E-state index in [1.54, 1.807) is 30.6 Å². The molecule has 10 heteroatoms. The average Bonchev–Trinajstić information content (AvgIpc) is 3.11. The number of carbonyl (C=O) groups excluding carboxylic acids is 1. The van der Waals surface area contributed by atoms with E-state index >= 15 is 0 Å². The number of nitro benzene ring substituents is 1. The highest BCUT2D eigenvalue weighted by molar-refractivity contribution is 8.00. The molecule has 3 rings (SSSR count). The summed E-state index contributed by atoms with van der Waals surface area (Å²) in [5.41, 5.74) is 0.594. The number of aromatic nitrogens is 4. The summed E-state index contributed by atoms with van der Waals surface area (Å²) >= 11 is 1.29. The summed E-state index contributed by atoms with van der Waals surface area (Å²) < 4.78 is 1.51. The first-order valence-corrected chi connectivity index (χ1v) is 9.77. The lowest BCUT2D eigenvalue weighted by Crippen LogP contribution is -2.17. The number of thioether (sulfide) groups is 1. The molecular weight excluding hydrogens is 392 g/mol. The Morgan fingerprint density at radius 3 is 2.45 bits per heavy atom. The lowest BCUT2D eigenvalue weighted by atomic mass is 9.92. The van der Waals surface area contributed by atoms with Crippen molar-refractivity contribution < 1.29 is 9.72 Å². The van der Waals surface area contributed by atoms with Gasteiger partial charge in [-0.05, 0) is 18.2 Å². The molecule has 0 unspecified atom stereocenters. The van der Waals surface area contributed by atoms with Crippen molar-refractivity contribution in [3.8, 4) is 5.95 Å². The van der Waals surface area contributed by atoms with Crippen molar-refractivity contribution in [2.24, 2.45) is 0 Å². The lowest BCUT2D eigenvalue weighted by molar-refractivity contribution is -0.384. The largest absolute Gasteiger partial charge is 0.310 e. The Balaban J connectivity index is 1.74. The van der Waals surface area contributed by atoms with Gasteiger partial charge in [-0.3, -0.25) is 14.9 Å². The number of nitrogens with zero attached hydrogens (tertiary/aromatic N) is 5. The van der Waals surface area contributed by atoms with E-state index in [2.05, 4.69) is 20.4 Å². The number of carbonyl (C=O) groups is 1. The van der Waals surface area contributed by atoms with Gasteiger partial charge in [-0.2, -0.15) is 9.78 Å². The Bertz CT molecular complexity index is 1010. The molecule has 1 aromatic carbocycles. The molecule has 0 spiro atoms. The molecule has 0 atom stereocenters. The fourth-order valence-corrected chi connectivity index (χ4v) is 3.08. The second kappa shape index (κ2) is 8.39. The molecule has 0 saturated carbocycles. The van der Waals surface area contributed by atoms with Crippen LogP contribution >= 0.6 is 11.8 Å². The van der Waals surface area contributed by atoms with Crippen LogP contribution in [-0.2, 0) is 10.2 Å². The van der Waals surface area contributed by atoms with Gasteiger partial charge in [0, 0.05) is 40.9 Å². The Hall–Kier alpha value is -3.27. The number of non-ortho nitro benzene ring substituents is 1. The minimum atomic E-state index is -0.458. The van der Waals surface area contributed by atoms with Crippen LogP contribution in [0.25, 0.3) is 5.95 Å². The molecule has 1 amide bonds. The molecule has 0 radical (unpaired) electrons. The molecule has 9 nitrogen and oxygen atoms in total. The van der Waals surface area contributed by atoms with Gasteiger partial charge in [0.1, 0.15) is 5.82 Å². The summed E-state index contributed by atoms with van der Waals surface area (Å²) in [6.07, 6.45) is 3.22. The standard InChI is InChI=1S/C19H20N6O3S/c1-19(2,3)15-11-16(24(23-15)18-20-9-4-10-21-18)22-17(26)12-29-14-7-5-13(6-8-14)25(27)28/h4-11H,12H2,1-3H3,(H,22,26). The van der Waals surface area contributed by atoms with Gasteiger partial charge in [0.05, 0.1) is 16.4 Å². The third-order valence-corrected chi connectivity index (χ3v) is 4.92. The summed E-state index contributed by atoms with van der Waals surface area (Å²) in [5.74, 6) is 0.756. The SMILES string of the molecule is CC(C)(C)c1cc(NC(=O)CSc2ccc([N+](=O)[O-])cc2)n(-c2ncccn2)n1. The van der Waals surface area contributed by atoms with Crippen molar-refractivity contribution in [1.82, 2.24) is 19.7 Å². The normalized spacial score (nSPS) is 11.3. The smallest absolute Gasteiger partial charge is 0.269 e. The highest BCUT2D eigenvalue weighted by Gasteiger charge is 2.22. The maximum atomic E-state index is 12.5. The summed E-state index contributed by atoms with van der Waals surface area (Å²) in [7, 11) is 0. The van der Waals surface area contributed by atoms with Crippen molar-refractivity contribution in [2.45, 2.75) is 31.1 Å². The zero-order chi connectivity index (χ0) is 21.0. The van der Waals surface area contributed by atoms with Crippen LogP contribution < -0.4 is 5.32 Å². The maximum Gasteiger partial charge on any atom is 0.269 e. The quantitative estimate of drug-likeness (QED) is 0.373. The fraction of sp³-hybridized carbons (Fsp3) is 0.263. The number of hydrogen-bond acceptors (Lipinski definition) is 7. The molecule has 0 aliphatic carbocycles. The van der Waals surface area contributed by atoms with Crippen LogP contribution in [0.3, 0.4) is 0 Å². The molecule has 0 aliphatic rings. The van der Waals surface area contributed by atoms with Crippen LogP contribution in [0.1, 0.15) is 26.5 Å². The van der Waals surface area contributed by atoms with E-state index in [0.717, 1.165) is 10.6 Å².